The van der Waals surface area contributed by atoms with Gasteiger partial charge in [-0.3, -0.25) is 4.79 Å². The highest BCUT2D eigenvalue weighted by Gasteiger charge is 2.06. The van der Waals surface area contributed by atoms with Gasteiger partial charge in [-0.05, 0) is 24.5 Å². The smallest absolute Gasteiger partial charge is 0.224 e. The number of anilines is 1. The maximum Gasteiger partial charge on any atom is 0.224 e. The van der Waals surface area contributed by atoms with Crippen molar-refractivity contribution in [1.82, 2.24) is 9.97 Å². The summed E-state index contributed by atoms with van der Waals surface area (Å²) in [5.74, 6) is 0.0329. The number of aromatic nitrogens is 2. The Balaban J connectivity index is 1.90. The summed E-state index contributed by atoms with van der Waals surface area (Å²) in [5, 5.41) is 2.95. The van der Waals surface area contributed by atoms with Gasteiger partial charge in [-0.15, -0.1) is 0 Å². The number of para-hydroxylation sites is 1. The van der Waals surface area contributed by atoms with Crippen molar-refractivity contribution in [3.8, 4) is 0 Å². The van der Waals surface area contributed by atoms with Gasteiger partial charge in [-0.1, -0.05) is 25.1 Å². The molecule has 1 heterocycles. The Kier molecular flexibility index (Phi) is 4.12. The Bertz CT molecular complexity index is 506. The summed E-state index contributed by atoms with van der Waals surface area (Å²) in [6.45, 7) is 2.08. The number of benzene rings is 1. The van der Waals surface area contributed by atoms with Crippen molar-refractivity contribution >= 4 is 11.6 Å². The van der Waals surface area contributed by atoms with E-state index in [9.17, 15) is 4.79 Å². The van der Waals surface area contributed by atoms with Gasteiger partial charge in [0.1, 0.15) is 0 Å². The molecule has 4 nitrogen and oxygen atoms in total. The molecule has 2 N–H and O–H groups in total. The number of carbonyl (C=O) groups is 1. The number of rotatable bonds is 5. The average Bonchev–Trinajstić information content (AvgIpc) is 2.90. The maximum atomic E-state index is 11.8. The fourth-order valence-electron chi connectivity index (χ4n) is 1.83. The van der Waals surface area contributed by atoms with Crippen LogP contribution in [-0.4, -0.2) is 15.9 Å². The number of hydrogen-bond donors (Lipinski definition) is 2. The van der Waals surface area contributed by atoms with E-state index < -0.39 is 0 Å². The van der Waals surface area contributed by atoms with Gasteiger partial charge in [0.2, 0.25) is 5.91 Å². The van der Waals surface area contributed by atoms with Crippen molar-refractivity contribution < 1.29 is 4.79 Å². The molecule has 0 unspecified atom stereocenters. The third-order valence-corrected chi connectivity index (χ3v) is 2.85. The van der Waals surface area contributed by atoms with Crippen LogP contribution < -0.4 is 5.32 Å². The summed E-state index contributed by atoms with van der Waals surface area (Å²) in [6.07, 6.45) is 5.42. The van der Waals surface area contributed by atoms with Crippen LogP contribution >= 0.6 is 0 Å². The van der Waals surface area contributed by atoms with Crippen LogP contribution in [0.1, 0.15) is 24.6 Å². The minimum absolute atomic E-state index is 0.0329. The number of H-pyrrole nitrogens is 1. The molecule has 0 fully saturated rings. The molecule has 0 aliphatic heterocycles. The van der Waals surface area contributed by atoms with Crippen LogP contribution in [0.3, 0.4) is 0 Å². The van der Waals surface area contributed by atoms with Crippen molar-refractivity contribution in [1.29, 1.82) is 0 Å². The van der Waals surface area contributed by atoms with Gasteiger partial charge in [-0.25, -0.2) is 4.98 Å². The molecule has 2 rings (SSSR count). The van der Waals surface area contributed by atoms with Crippen LogP contribution in [-0.2, 0) is 17.6 Å². The van der Waals surface area contributed by atoms with Gasteiger partial charge in [-0.2, -0.15) is 0 Å². The fraction of sp³-hybridized carbons (Fsp3) is 0.286. The molecule has 0 aliphatic carbocycles. The molecule has 2 aromatic rings. The van der Waals surface area contributed by atoms with Crippen LogP contribution in [0, 0.1) is 0 Å². The van der Waals surface area contributed by atoms with E-state index in [1.165, 1.54) is 0 Å². The van der Waals surface area contributed by atoms with E-state index in [1.807, 2.05) is 24.3 Å². The van der Waals surface area contributed by atoms with Crippen molar-refractivity contribution in [3.05, 3.63) is 48.0 Å². The summed E-state index contributed by atoms with van der Waals surface area (Å²) < 4.78 is 0. The Morgan fingerprint density at radius 1 is 1.39 bits per heavy atom. The van der Waals surface area contributed by atoms with Crippen LogP contribution in [0.15, 0.2) is 36.8 Å². The van der Waals surface area contributed by atoms with Crippen LogP contribution in [0.25, 0.3) is 0 Å². The van der Waals surface area contributed by atoms with Crippen LogP contribution in [0.5, 0.6) is 0 Å². The van der Waals surface area contributed by atoms with E-state index in [-0.39, 0.29) is 5.91 Å². The van der Waals surface area contributed by atoms with Crippen molar-refractivity contribution in [2.24, 2.45) is 0 Å². The lowest BCUT2D eigenvalue weighted by molar-refractivity contribution is -0.116. The highest BCUT2D eigenvalue weighted by Crippen LogP contribution is 2.15. The predicted molar refractivity (Wildman–Crippen MR) is 71.4 cm³/mol. The number of hydrogen-bond acceptors (Lipinski definition) is 2. The molecular formula is C14H17N3O. The first-order chi connectivity index (χ1) is 8.79. The topological polar surface area (TPSA) is 57.8 Å². The van der Waals surface area contributed by atoms with E-state index in [1.54, 1.807) is 12.5 Å². The fourth-order valence-corrected chi connectivity index (χ4v) is 1.83. The second kappa shape index (κ2) is 6.00. The summed E-state index contributed by atoms with van der Waals surface area (Å²) in [6, 6.07) is 7.89. The van der Waals surface area contributed by atoms with Crippen molar-refractivity contribution in [2.45, 2.75) is 26.2 Å². The molecule has 18 heavy (non-hydrogen) atoms. The van der Waals surface area contributed by atoms with E-state index in [0.29, 0.717) is 12.8 Å². The normalized spacial score (nSPS) is 10.3. The minimum Gasteiger partial charge on any atom is -0.348 e. The highest BCUT2D eigenvalue weighted by molar-refractivity contribution is 5.91. The molecule has 0 spiro atoms. The lowest BCUT2D eigenvalue weighted by atomic mass is 10.1. The van der Waals surface area contributed by atoms with E-state index in [2.05, 4.69) is 22.2 Å². The molecule has 1 aromatic carbocycles. The second-order valence-corrected chi connectivity index (χ2v) is 4.14. The first kappa shape index (κ1) is 12.4. The summed E-state index contributed by atoms with van der Waals surface area (Å²) in [7, 11) is 0. The molecule has 0 saturated heterocycles. The Hall–Kier alpha value is -2.10. The molecular weight excluding hydrogens is 226 g/mol. The second-order valence-electron chi connectivity index (χ2n) is 4.14. The molecule has 94 valence electrons. The number of imidazole rings is 1. The van der Waals surface area contributed by atoms with E-state index in [0.717, 1.165) is 23.4 Å². The summed E-state index contributed by atoms with van der Waals surface area (Å²) in [4.78, 5) is 18.7. The van der Waals surface area contributed by atoms with E-state index in [4.69, 9.17) is 0 Å². The number of nitrogens with one attached hydrogen (secondary N) is 2. The van der Waals surface area contributed by atoms with Crippen LogP contribution in [0.4, 0.5) is 5.69 Å². The maximum absolute atomic E-state index is 11.8. The Labute approximate surface area is 106 Å². The molecule has 1 aromatic heterocycles. The molecule has 0 atom stereocenters. The van der Waals surface area contributed by atoms with Gasteiger partial charge >= 0.3 is 0 Å². The zero-order chi connectivity index (χ0) is 12.8. The average molecular weight is 243 g/mol. The zero-order valence-corrected chi connectivity index (χ0v) is 10.4. The van der Waals surface area contributed by atoms with Gasteiger partial charge in [0.25, 0.3) is 0 Å². The van der Waals surface area contributed by atoms with Gasteiger partial charge < -0.3 is 10.3 Å². The minimum atomic E-state index is 0.0329. The van der Waals surface area contributed by atoms with Gasteiger partial charge in [0, 0.05) is 24.0 Å². The SMILES string of the molecule is CCc1ccccc1NC(=O)CCc1cnc[nH]1. The number of amides is 1. The van der Waals surface area contributed by atoms with Gasteiger partial charge in [0.05, 0.1) is 6.33 Å². The lowest BCUT2D eigenvalue weighted by Crippen LogP contribution is -2.13. The largest absolute Gasteiger partial charge is 0.348 e. The molecule has 0 aliphatic rings. The quantitative estimate of drug-likeness (QED) is 0.847. The molecule has 1 amide bonds. The first-order valence-electron chi connectivity index (χ1n) is 6.14. The summed E-state index contributed by atoms with van der Waals surface area (Å²) in [5.41, 5.74) is 3.05. The third kappa shape index (κ3) is 3.20. The first-order valence-corrected chi connectivity index (χ1v) is 6.14. The lowest BCUT2D eigenvalue weighted by Gasteiger charge is -2.09. The summed E-state index contributed by atoms with van der Waals surface area (Å²) >= 11 is 0. The Morgan fingerprint density at radius 3 is 2.94 bits per heavy atom. The number of carbonyl (C=O) groups excluding carboxylic acids is 1. The number of nitrogens with zero attached hydrogens (tertiary/aromatic N) is 1. The predicted octanol–water partition coefficient (Wildman–Crippen LogP) is 2.54. The molecule has 4 heteroatoms. The third-order valence-electron chi connectivity index (χ3n) is 2.85. The van der Waals surface area contributed by atoms with Crippen LogP contribution in [0.2, 0.25) is 0 Å². The van der Waals surface area contributed by atoms with Crippen molar-refractivity contribution in [3.63, 3.8) is 0 Å². The van der Waals surface area contributed by atoms with Gasteiger partial charge in [0.15, 0.2) is 0 Å². The highest BCUT2D eigenvalue weighted by atomic mass is 16.1. The molecule has 0 radical (unpaired) electrons. The zero-order valence-electron chi connectivity index (χ0n) is 10.4. The number of aromatic amines is 1. The van der Waals surface area contributed by atoms with E-state index >= 15 is 0 Å². The monoisotopic (exact) mass is 243 g/mol. The number of aryl methyl sites for hydroxylation is 2. The molecule has 0 saturated carbocycles. The van der Waals surface area contributed by atoms with Crippen molar-refractivity contribution in [2.75, 3.05) is 5.32 Å². The molecule has 0 bridgehead atoms. The standard InChI is InChI=1S/C14H17N3O/c1-2-11-5-3-4-6-13(11)17-14(18)8-7-12-9-15-10-16-12/h3-6,9-10H,2,7-8H2,1H3,(H,15,16)(H,17,18). The Morgan fingerprint density at radius 2 is 2.22 bits per heavy atom.